The third-order valence-corrected chi connectivity index (χ3v) is 5.79. The Kier molecular flexibility index (Phi) is 6.66. The molecule has 2 aromatic carbocycles. The molecule has 7 nitrogen and oxygen atoms in total. The normalized spacial score (nSPS) is 11.4. The van der Waals surface area contributed by atoms with Crippen LogP contribution in [0.5, 0.6) is 0 Å². The van der Waals surface area contributed by atoms with Crippen LogP contribution in [0.4, 0.5) is 11.5 Å². The van der Waals surface area contributed by atoms with Crippen LogP contribution < -0.4 is 11.0 Å². The van der Waals surface area contributed by atoms with Gasteiger partial charge in [0.25, 0.3) is 0 Å². The number of hydrogen-bond acceptors (Lipinski definition) is 5. The van der Waals surface area contributed by atoms with Crippen molar-refractivity contribution in [2.24, 2.45) is 0 Å². The van der Waals surface area contributed by atoms with E-state index >= 15 is 0 Å². The van der Waals surface area contributed by atoms with Crippen LogP contribution in [0.15, 0.2) is 66.0 Å². The summed E-state index contributed by atoms with van der Waals surface area (Å²) >= 11 is 0. The number of nitrogens with zero attached hydrogens (tertiary/aromatic N) is 5. The third-order valence-electron chi connectivity index (χ3n) is 5.79. The molecule has 0 radical (unpaired) electrons. The maximum atomic E-state index is 12.9. The van der Waals surface area contributed by atoms with Gasteiger partial charge in [-0.25, -0.2) is 14.8 Å². The summed E-state index contributed by atoms with van der Waals surface area (Å²) in [6, 6.07) is 14.0. The Morgan fingerprint density at radius 1 is 1.03 bits per heavy atom. The molecule has 0 aliphatic heterocycles. The number of aryl methyl sites for hydroxylation is 2. The van der Waals surface area contributed by atoms with Crippen LogP contribution in [0.3, 0.4) is 0 Å². The highest BCUT2D eigenvalue weighted by Gasteiger charge is 2.10. The molecule has 0 fully saturated rings. The Morgan fingerprint density at radius 2 is 1.88 bits per heavy atom. The third kappa shape index (κ3) is 4.73. The fourth-order valence-electron chi connectivity index (χ4n) is 3.94. The number of fused-ring (bicyclic) bond motifs is 1. The fraction of sp³-hybridized carbons (Fsp3) is 0.320. The van der Waals surface area contributed by atoms with Crippen molar-refractivity contribution < 1.29 is 0 Å². The summed E-state index contributed by atoms with van der Waals surface area (Å²) in [4.78, 5) is 24.1. The Morgan fingerprint density at radius 3 is 2.66 bits per heavy atom. The van der Waals surface area contributed by atoms with E-state index in [4.69, 9.17) is 0 Å². The smallest absolute Gasteiger partial charge is 0.332 e. The van der Waals surface area contributed by atoms with Crippen molar-refractivity contribution in [1.82, 2.24) is 24.0 Å². The van der Waals surface area contributed by atoms with E-state index in [2.05, 4.69) is 53.1 Å². The minimum atomic E-state index is -0.0314. The second-order valence-corrected chi connectivity index (χ2v) is 7.94. The van der Waals surface area contributed by atoms with Crippen molar-refractivity contribution in [1.29, 1.82) is 0 Å². The van der Waals surface area contributed by atoms with Gasteiger partial charge in [0.1, 0.15) is 12.1 Å². The first-order valence-corrected chi connectivity index (χ1v) is 11.2. The minimum absolute atomic E-state index is 0.0314. The van der Waals surface area contributed by atoms with Gasteiger partial charge in [-0.1, -0.05) is 26.0 Å². The Labute approximate surface area is 188 Å². The second-order valence-electron chi connectivity index (χ2n) is 7.94. The summed E-state index contributed by atoms with van der Waals surface area (Å²) in [7, 11) is 0. The SMILES string of the molecule is CCN(CC)CCCn1ccn(-c2ccc3c(Nc4cccc(C)c4)ncnc3c2)c1=O. The van der Waals surface area contributed by atoms with Gasteiger partial charge in [-0.05, 0) is 68.9 Å². The van der Waals surface area contributed by atoms with E-state index in [1.807, 2.05) is 42.7 Å². The van der Waals surface area contributed by atoms with E-state index in [0.29, 0.717) is 6.54 Å². The molecule has 32 heavy (non-hydrogen) atoms. The van der Waals surface area contributed by atoms with Gasteiger partial charge < -0.3 is 10.2 Å². The summed E-state index contributed by atoms with van der Waals surface area (Å²) in [5.74, 6) is 0.744. The van der Waals surface area contributed by atoms with Crippen LogP contribution in [0.1, 0.15) is 25.8 Å². The average molecular weight is 431 g/mol. The zero-order valence-electron chi connectivity index (χ0n) is 19.0. The number of imidazole rings is 1. The van der Waals surface area contributed by atoms with E-state index in [1.54, 1.807) is 15.5 Å². The molecule has 0 unspecified atom stereocenters. The van der Waals surface area contributed by atoms with Crippen molar-refractivity contribution in [3.05, 3.63) is 77.2 Å². The number of aromatic nitrogens is 4. The zero-order chi connectivity index (χ0) is 22.5. The van der Waals surface area contributed by atoms with Crippen LogP contribution >= 0.6 is 0 Å². The number of anilines is 2. The van der Waals surface area contributed by atoms with Gasteiger partial charge in [-0.15, -0.1) is 0 Å². The standard InChI is InChI=1S/C25H30N6O/c1-4-29(5-2)12-7-13-30-14-15-31(25(30)32)21-10-11-22-23(17-21)26-18-27-24(22)28-20-9-6-8-19(3)16-20/h6,8-11,14-18H,4-5,7,12-13H2,1-3H3,(H,26,27,28). The van der Waals surface area contributed by atoms with E-state index in [9.17, 15) is 4.79 Å². The van der Waals surface area contributed by atoms with Crippen molar-refractivity contribution >= 4 is 22.4 Å². The van der Waals surface area contributed by atoms with E-state index in [0.717, 1.165) is 54.2 Å². The van der Waals surface area contributed by atoms with Crippen LogP contribution in [-0.2, 0) is 6.54 Å². The first-order valence-electron chi connectivity index (χ1n) is 11.2. The van der Waals surface area contributed by atoms with Crippen molar-refractivity contribution in [2.45, 2.75) is 33.7 Å². The maximum Gasteiger partial charge on any atom is 0.332 e. The lowest BCUT2D eigenvalue weighted by atomic mass is 10.2. The highest BCUT2D eigenvalue weighted by Crippen LogP contribution is 2.25. The van der Waals surface area contributed by atoms with E-state index in [1.165, 1.54) is 5.56 Å². The maximum absolute atomic E-state index is 12.9. The number of hydrogen-bond donors (Lipinski definition) is 1. The molecule has 0 atom stereocenters. The summed E-state index contributed by atoms with van der Waals surface area (Å²) in [5.41, 5.74) is 3.71. The molecular weight excluding hydrogens is 400 g/mol. The molecule has 2 aromatic heterocycles. The van der Waals surface area contributed by atoms with Crippen molar-refractivity contribution in [2.75, 3.05) is 25.0 Å². The van der Waals surface area contributed by atoms with Crippen LogP contribution in [-0.4, -0.2) is 43.6 Å². The average Bonchev–Trinajstić information content (AvgIpc) is 3.17. The van der Waals surface area contributed by atoms with Crippen molar-refractivity contribution in [3.8, 4) is 5.69 Å². The van der Waals surface area contributed by atoms with Gasteiger partial charge in [-0.2, -0.15) is 0 Å². The largest absolute Gasteiger partial charge is 0.340 e. The second kappa shape index (κ2) is 9.78. The van der Waals surface area contributed by atoms with Gasteiger partial charge in [0.05, 0.1) is 11.2 Å². The molecule has 0 amide bonds. The fourth-order valence-corrected chi connectivity index (χ4v) is 3.94. The predicted octanol–water partition coefficient (Wildman–Crippen LogP) is 4.37. The summed E-state index contributed by atoms with van der Waals surface area (Å²) in [6.07, 6.45) is 6.18. The van der Waals surface area contributed by atoms with Gasteiger partial charge in [-0.3, -0.25) is 9.13 Å². The highest BCUT2D eigenvalue weighted by atomic mass is 16.1. The molecule has 7 heteroatoms. The molecule has 0 aliphatic rings. The lowest BCUT2D eigenvalue weighted by Crippen LogP contribution is -2.27. The molecule has 0 saturated heterocycles. The summed E-state index contributed by atoms with van der Waals surface area (Å²) in [5, 5.41) is 4.28. The molecule has 0 aliphatic carbocycles. The number of nitrogens with one attached hydrogen (secondary N) is 1. The topological polar surface area (TPSA) is 68.0 Å². The Hall–Kier alpha value is -3.45. The van der Waals surface area contributed by atoms with Gasteiger partial charge in [0, 0.05) is 30.0 Å². The first kappa shape index (κ1) is 21.8. The van der Waals surface area contributed by atoms with Gasteiger partial charge in [0.15, 0.2) is 0 Å². The number of rotatable bonds is 9. The number of benzene rings is 2. The van der Waals surface area contributed by atoms with Crippen LogP contribution in [0, 0.1) is 6.92 Å². The molecule has 166 valence electrons. The monoisotopic (exact) mass is 430 g/mol. The molecule has 2 heterocycles. The van der Waals surface area contributed by atoms with Crippen molar-refractivity contribution in [3.63, 3.8) is 0 Å². The van der Waals surface area contributed by atoms with Gasteiger partial charge in [0.2, 0.25) is 0 Å². The predicted molar refractivity (Wildman–Crippen MR) is 130 cm³/mol. The van der Waals surface area contributed by atoms with Crippen LogP contribution in [0.2, 0.25) is 0 Å². The Bertz CT molecular complexity index is 1250. The molecule has 0 bridgehead atoms. The molecule has 4 aromatic rings. The zero-order valence-corrected chi connectivity index (χ0v) is 19.0. The summed E-state index contributed by atoms with van der Waals surface area (Å²) < 4.78 is 3.45. The summed E-state index contributed by atoms with van der Waals surface area (Å²) in [6.45, 7) is 10.2. The lowest BCUT2D eigenvalue weighted by molar-refractivity contribution is 0.292. The van der Waals surface area contributed by atoms with E-state index < -0.39 is 0 Å². The minimum Gasteiger partial charge on any atom is -0.340 e. The molecular formula is C25H30N6O. The molecule has 4 rings (SSSR count). The van der Waals surface area contributed by atoms with E-state index in [-0.39, 0.29) is 5.69 Å². The Balaban J connectivity index is 1.56. The highest BCUT2D eigenvalue weighted by molar-refractivity contribution is 5.91. The molecule has 1 N–H and O–H groups in total. The molecule has 0 saturated carbocycles. The molecule has 0 spiro atoms. The van der Waals surface area contributed by atoms with Crippen LogP contribution in [0.25, 0.3) is 16.6 Å². The lowest BCUT2D eigenvalue weighted by Gasteiger charge is -2.17. The van der Waals surface area contributed by atoms with Gasteiger partial charge >= 0.3 is 5.69 Å². The quantitative estimate of drug-likeness (QED) is 0.427. The first-order chi connectivity index (χ1) is 15.6.